The summed E-state index contributed by atoms with van der Waals surface area (Å²) in [5.74, 6) is 1.78. The molecular weight excluding hydrogens is 438 g/mol. The molecule has 2 aromatic carbocycles. The van der Waals surface area contributed by atoms with Crippen LogP contribution in [0, 0.1) is 0 Å². The van der Waals surface area contributed by atoms with Gasteiger partial charge in [-0.15, -0.1) is 0 Å². The maximum Gasteiger partial charge on any atom is 0.222 e. The maximum absolute atomic E-state index is 6.29. The van der Waals surface area contributed by atoms with Crippen LogP contribution in [0.4, 0.5) is 0 Å². The number of hydrogen-bond acceptors (Lipinski definition) is 0. The summed E-state index contributed by atoms with van der Waals surface area (Å²) >= 11 is 10.1. The number of halogens is 2. The number of allylic oxidation sites excluding steroid dienone is 4. The van der Waals surface area contributed by atoms with Crippen LogP contribution in [-0.2, 0) is 0 Å². The Hall–Kier alpha value is -1.25. The molecule has 0 unspecified atom stereocenters. The molecule has 0 saturated heterocycles. The Labute approximate surface area is 190 Å². The molecule has 0 fully saturated rings. The Kier molecular flexibility index (Phi) is 7.17. The highest BCUT2D eigenvalue weighted by Crippen LogP contribution is 2.31. The fraction of sp³-hybridized carbons (Fsp3) is 0.385. The summed E-state index contributed by atoms with van der Waals surface area (Å²) in [4.78, 5) is 0. The van der Waals surface area contributed by atoms with E-state index in [0.717, 1.165) is 9.50 Å². The largest absolute Gasteiger partial charge is 0.222 e. The van der Waals surface area contributed by atoms with Crippen LogP contribution in [0.25, 0.3) is 0 Å². The molecule has 0 spiro atoms. The van der Waals surface area contributed by atoms with Crippen molar-refractivity contribution in [3.05, 3.63) is 80.8 Å². The molecule has 3 rings (SSSR count). The van der Waals surface area contributed by atoms with Gasteiger partial charge in [0, 0.05) is 9.50 Å². The third-order valence-electron chi connectivity index (χ3n) is 5.95. The Morgan fingerprint density at radius 3 is 1.83 bits per heavy atom. The Morgan fingerprint density at radius 1 is 0.828 bits per heavy atom. The zero-order valence-electron chi connectivity index (χ0n) is 18.3. The molecule has 0 saturated carbocycles. The van der Waals surface area contributed by atoms with E-state index < -0.39 is 0 Å². The van der Waals surface area contributed by atoms with E-state index in [1.165, 1.54) is 27.6 Å². The molecule has 0 bridgehead atoms. The average Bonchev–Trinajstić information content (AvgIpc) is 3.17. The molecule has 0 aromatic heterocycles. The minimum atomic E-state index is 0.257. The van der Waals surface area contributed by atoms with Gasteiger partial charge in [0.25, 0.3) is 0 Å². The summed E-state index contributed by atoms with van der Waals surface area (Å²) in [6, 6.07) is 11.1. The fourth-order valence-electron chi connectivity index (χ4n) is 4.35. The highest BCUT2D eigenvalue weighted by atomic mass is 79.9. The maximum atomic E-state index is 6.29. The van der Waals surface area contributed by atoms with E-state index in [9.17, 15) is 0 Å². The molecule has 0 amide bonds. The van der Waals surface area contributed by atoms with E-state index in [-0.39, 0.29) is 6.71 Å². The minimum Gasteiger partial charge on any atom is -0.0843 e. The molecule has 0 heterocycles. The third-order valence-corrected chi connectivity index (χ3v) is 6.87. The molecule has 29 heavy (non-hydrogen) atoms. The summed E-state index contributed by atoms with van der Waals surface area (Å²) < 4.78 is 1.08. The van der Waals surface area contributed by atoms with Gasteiger partial charge in [-0.25, -0.2) is 0 Å². The molecule has 0 aliphatic heterocycles. The monoisotopic (exact) mass is 468 g/mol. The van der Waals surface area contributed by atoms with Gasteiger partial charge in [-0.1, -0.05) is 123 Å². The van der Waals surface area contributed by atoms with E-state index in [4.69, 9.17) is 11.6 Å². The van der Waals surface area contributed by atoms with Crippen molar-refractivity contribution < 1.29 is 0 Å². The predicted octanol–water partition coefficient (Wildman–Crippen LogP) is 7.58. The zero-order valence-corrected chi connectivity index (χ0v) is 20.7. The molecule has 0 N–H and O–H groups in total. The molecule has 0 nitrogen and oxygen atoms in total. The summed E-state index contributed by atoms with van der Waals surface area (Å²) in [5, 5.41) is 0.764. The second kappa shape index (κ2) is 9.27. The van der Waals surface area contributed by atoms with Crippen molar-refractivity contribution in [1.29, 1.82) is 0 Å². The lowest BCUT2D eigenvalue weighted by molar-refractivity contribution is 0.812. The average molecular weight is 470 g/mol. The van der Waals surface area contributed by atoms with E-state index >= 15 is 0 Å². The molecule has 152 valence electrons. The summed E-state index contributed by atoms with van der Waals surface area (Å²) in [5.41, 5.74) is 7.17. The van der Waals surface area contributed by atoms with E-state index in [2.05, 4.69) is 100.0 Å². The van der Waals surface area contributed by atoms with Crippen LogP contribution in [-0.4, -0.2) is 6.71 Å². The van der Waals surface area contributed by atoms with Gasteiger partial charge in [-0.05, 0) is 52.4 Å². The SMILES string of the molecule is CC(C)c1cc(C(C)C)c(B(c2ccc(Cl)cc2Br)C2C=CC=C2)c(C(C)C)c1. The lowest BCUT2D eigenvalue weighted by atomic mass is 9.32. The number of rotatable bonds is 6. The van der Waals surface area contributed by atoms with Crippen LogP contribution >= 0.6 is 27.5 Å². The van der Waals surface area contributed by atoms with Crippen LogP contribution in [0.15, 0.2) is 59.1 Å². The van der Waals surface area contributed by atoms with E-state index in [0.29, 0.717) is 23.6 Å². The topological polar surface area (TPSA) is 0 Å². The lowest BCUT2D eigenvalue weighted by Gasteiger charge is -2.30. The van der Waals surface area contributed by atoms with Crippen molar-refractivity contribution in [2.45, 2.75) is 65.1 Å². The molecular formula is C26H31BBrCl. The Bertz CT molecular complexity index is 899. The summed E-state index contributed by atoms with van der Waals surface area (Å²) in [6.45, 7) is 14.1. The molecule has 0 radical (unpaired) electrons. The highest BCUT2D eigenvalue weighted by Gasteiger charge is 2.34. The van der Waals surface area contributed by atoms with Crippen molar-refractivity contribution >= 4 is 45.2 Å². The van der Waals surface area contributed by atoms with Gasteiger partial charge in [0.05, 0.1) is 0 Å². The van der Waals surface area contributed by atoms with Gasteiger partial charge >= 0.3 is 0 Å². The van der Waals surface area contributed by atoms with Gasteiger partial charge in [-0.2, -0.15) is 0 Å². The minimum absolute atomic E-state index is 0.257. The highest BCUT2D eigenvalue weighted by molar-refractivity contribution is 9.10. The van der Waals surface area contributed by atoms with Crippen LogP contribution in [0.2, 0.25) is 10.8 Å². The van der Waals surface area contributed by atoms with Gasteiger partial charge in [-0.3, -0.25) is 0 Å². The third kappa shape index (κ3) is 4.75. The van der Waals surface area contributed by atoms with Gasteiger partial charge < -0.3 is 0 Å². The van der Waals surface area contributed by atoms with Gasteiger partial charge in [0.2, 0.25) is 6.71 Å². The first-order chi connectivity index (χ1) is 13.7. The first kappa shape index (κ1) is 22.4. The van der Waals surface area contributed by atoms with Crippen molar-refractivity contribution in [2.24, 2.45) is 0 Å². The second-order valence-electron chi connectivity index (χ2n) is 9.07. The van der Waals surface area contributed by atoms with Gasteiger partial charge in [0.1, 0.15) is 0 Å². The zero-order chi connectivity index (χ0) is 21.3. The quantitative estimate of drug-likeness (QED) is 0.383. The molecule has 1 aliphatic carbocycles. The standard InChI is InChI=1S/C26H31BBrCl/c1-16(2)19-13-22(17(3)4)26(23(14-19)18(5)6)27(20-9-7-8-10-20)24-12-11-21(29)15-25(24)28/h7-18,20H,1-6H3. The molecule has 3 heteroatoms. The molecule has 0 atom stereocenters. The van der Waals surface area contributed by atoms with Gasteiger partial charge in [0.15, 0.2) is 0 Å². The fourth-order valence-corrected chi connectivity index (χ4v) is 5.28. The van der Waals surface area contributed by atoms with Crippen LogP contribution in [0.5, 0.6) is 0 Å². The van der Waals surface area contributed by atoms with E-state index in [1.54, 1.807) is 0 Å². The van der Waals surface area contributed by atoms with Crippen LogP contribution < -0.4 is 10.9 Å². The molecule has 2 aromatic rings. The Balaban J connectivity index is 2.35. The predicted molar refractivity (Wildman–Crippen MR) is 135 cm³/mol. The van der Waals surface area contributed by atoms with Crippen LogP contribution in [0.3, 0.4) is 0 Å². The lowest BCUT2D eigenvalue weighted by Crippen LogP contribution is -2.49. The summed E-state index contributed by atoms with van der Waals surface area (Å²) in [7, 11) is 0. The molecule has 1 aliphatic rings. The smallest absolute Gasteiger partial charge is 0.0843 e. The summed E-state index contributed by atoms with van der Waals surface area (Å²) in [6.07, 6.45) is 9.01. The number of benzene rings is 2. The normalized spacial score (nSPS) is 14.0. The van der Waals surface area contributed by atoms with Crippen molar-refractivity contribution in [3.63, 3.8) is 0 Å². The second-order valence-corrected chi connectivity index (χ2v) is 10.4. The van der Waals surface area contributed by atoms with Crippen molar-refractivity contribution in [2.75, 3.05) is 0 Å². The van der Waals surface area contributed by atoms with Crippen molar-refractivity contribution in [3.8, 4) is 0 Å². The first-order valence-corrected chi connectivity index (χ1v) is 11.8. The number of hydrogen-bond donors (Lipinski definition) is 0. The Morgan fingerprint density at radius 2 is 1.38 bits per heavy atom. The van der Waals surface area contributed by atoms with Crippen molar-refractivity contribution in [1.82, 2.24) is 0 Å². The van der Waals surface area contributed by atoms with Crippen LogP contribution in [0.1, 0.15) is 76.0 Å². The first-order valence-electron chi connectivity index (χ1n) is 10.7. The van der Waals surface area contributed by atoms with E-state index in [1.807, 2.05) is 12.1 Å².